The van der Waals surface area contributed by atoms with Crippen molar-refractivity contribution in [2.24, 2.45) is 0 Å². The molecule has 1 atom stereocenters. The summed E-state index contributed by atoms with van der Waals surface area (Å²) in [6.45, 7) is 2.55. The highest BCUT2D eigenvalue weighted by Crippen LogP contribution is 2.23. The lowest BCUT2D eigenvalue weighted by Gasteiger charge is -2.32. The van der Waals surface area contributed by atoms with E-state index < -0.39 is 11.9 Å². The van der Waals surface area contributed by atoms with Crippen molar-refractivity contribution in [3.63, 3.8) is 0 Å². The van der Waals surface area contributed by atoms with Gasteiger partial charge >= 0.3 is 11.9 Å². The molecule has 0 amide bonds. The van der Waals surface area contributed by atoms with Gasteiger partial charge in [0.15, 0.2) is 0 Å². The molecule has 1 rings (SSSR count). The van der Waals surface area contributed by atoms with Gasteiger partial charge in [-0.05, 0) is 31.6 Å². The maximum Gasteiger partial charge on any atom is 0.304 e. The smallest absolute Gasteiger partial charge is 0.304 e. The second-order valence-electron chi connectivity index (χ2n) is 4.58. The van der Waals surface area contributed by atoms with E-state index in [0.29, 0.717) is 18.2 Å². The molecule has 0 bridgehead atoms. The number of rotatable bonds is 8. The number of carboxylic acid groups (broad SMARTS) is 2. The van der Waals surface area contributed by atoms with Gasteiger partial charge < -0.3 is 15.1 Å². The first-order chi connectivity index (χ1) is 8.58. The van der Waals surface area contributed by atoms with Crippen molar-refractivity contribution in [2.45, 2.75) is 37.4 Å². The van der Waals surface area contributed by atoms with E-state index in [4.69, 9.17) is 10.2 Å². The molecule has 104 valence electrons. The van der Waals surface area contributed by atoms with Gasteiger partial charge in [-0.15, -0.1) is 0 Å². The number of aliphatic carboxylic acids is 2. The summed E-state index contributed by atoms with van der Waals surface area (Å²) in [5, 5.41) is 17.7. The Kier molecular flexibility index (Phi) is 7.12. The van der Waals surface area contributed by atoms with Crippen molar-refractivity contribution < 1.29 is 19.8 Å². The standard InChI is InChI=1S/C12H21NO4S/c14-11(15)4-2-8-18-10-3-1-6-13(9-10)7-5-12(16)17/h10H,1-9H2,(H,14,15)(H,16,17). The quantitative estimate of drug-likeness (QED) is 0.654. The zero-order chi connectivity index (χ0) is 13.4. The molecule has 0 aliphatic carbocycles. The van der Waals surface area contributed by atoms with E-state index in [2.05, 4.69) is 4.90 Å². The van der Waals surface area contributed by atoms with Gasteiger partial charge in [0.1, 0.15) is 0 Å². The van der Waals surface area contributed by atoms with Crippen molar-refractivity contribution in [3.8, 4) is 0 Å². The summed E-state index contributed by atoms with van der Waals surface area (Å²) in [6, 6.07) is 0. The van der Waals surface area contributed by atoms with Gasteiger partial charge in [-0.25, -0.2) is 0 Å². The number of piperidine rings is 1. The summed E-state index contributed by atoms with van der Waals surface area (Å²) in [5.74, 6) is -0.599. The topological polar surface area (TPSA) is 77.8 Å². The van der Waals surface area contributed by atoms with Crippen molar-refractivity contribution in [1.82, 2.24) is 4.90 Å². The second kappa shape index (κ2) is 8.37. The lowest BCUT2D eigenvalue weighted by Crippen LogP contribution is -2.38. The first kappa shape index (κ1) is 15.3. The van der Waals surface area contributed by atoms with Crippen LogP contribution in [0.25, 0.3) is 0 Å². The number of carbonyl (C=O) groups is 2. The molecule has 0 saturated carbocycles. The minimum absolute atomic E-state index is 0.205. The van der Waals surface area contributed by atoms with Crippen LogP contribution in [0, 0.1) is 0 Å². The van der Waals surface area contributed by atoms with Crippen molar-refractivity contribution >= 4 is 23.7 Å². The third-order valence-corrected chi connectivity index (χ3v) is 4.37. The fourth-order valence-electron chi connectivity index (χ4n) is 2.08. The van der Waals surface area contributed by atoms with E-state index in [-0.39, 0.29) is 12.8 Å². The molecule has 0 aromatic rings. The number of hydrogen-bond donors (Lipinski definition) is 2. The van der Waals surface area contributed by atoms with E-state index in [0.717, 1.165) is 31.7 Å². The molecule has 1 aliphatic heterocycles. The third-order valence-electron chi connectivity index (χ3n) is 2.99. The Morgan fingerprint density at radius 1 is 1.22 bits per heavy atom. The Labute approximate surface area is 112 Å². The zero-order valence-corrected chi connectivity index (χ0v) is 11.3. The van der Waals surface area contributed by atoms with Crippen LogP contribution in [0.15, 0.2) is 0 Å². The van der Waals surface area contributed by atoms with Crippen LogP contribution >= 0.6 is 11.8 Å². The minimum atomic E-state index is -0.744. The summed E-state index contributed by atoms with van der Waals surface area (Å²) in [4.78, 5) is 23.1. The average Bonchev–Trinajstić information content (AvgIpc) is 2.32. The average molecular weight is 275 g/mol. The highest BCUT2D eigenvalue weighted by Gasteiger charge is 2.20. The van der Waals surface area contributed by atoms with Gasteiger partial charge in [0.25, 0.3) is 0 Å². The number of hydrogen-bond acceptors (Lipinski definition) is 4. The first-order valence-electron chi connectivity index (χ1n) is 6.35. The summed E-state index contributed by atoms with van der Waals surface area (Å²) in [5.41, 5.74) is 0. The molecule has 1 saturated heterocycles. The van der Waals surface area contributed by atoms with Crippen molar-refractivity contribution in [1.29, 1.82) is 0 Å². The summed E-state index contributed by atoms with van der Waals surface area (Å²) < 4.78 is 0. The summed E-state index contributed by atoms with van der Waals surface area (Å²) >= 11 is 1.82. The molecule has 0 aromatic heterocycles. The maximum absolute atomic E-state index is 10.5. The van der Waals surface area contributed by atoms with Gasteiger partial charge in [0.2, 0.25) is 0 Å². The Hall–Kier alpha value is -0.750. The normalized spacial score (nSPS) is 20.8. The highest BCUT2D eigenvalue weighted by molar-refractivity contribution is 7.99. The van der Waals surface area contributed by atoms with E-state index >= 15 is 0 Å². The Morgan fingerprint density at radius 2 is 1.94 bits per heavy atom. The van der Waals surface area contributed by atoms with Gasteiger partial charge in [0.05, 0.1) is 6.42 Å². The van der Waals surface area contributed by atoms with Gasteiger partial charge in [-0.1, -0.05) is 0 Å². The van der Waals surface area contributed by atoms with Crippen LogP contribution in [0.4, 0.5) is 0 Å². The molecule has 6 heteroatoms. The summed E-state index contributed by atoms with van der Waals surface area (Å²) in [7, 11) is 0. The monoisotopic (exact) mass is 275 g/mol. The predicted octanol–water partition coefficient (Wildman–Crippen LogP) is 1.52. The number of carboxylic acids is 2. The van der Waals surface area contributed by atoms with Crippen LogP contribution in [0.2, 0.25) is 0 Å². The van der Waals surface area contributed by atoms with Crippen LogP contribution in [-0.4, -0.2) is 57.7 Å². The molecule has 0 radical (unpaired) electrons. The highest BCUT2D eigenvalue weighted by atomic mass is 32.2. The number of thioether (sulfide) groups is 1. The van der Waals surface area contributed by atoms with Crippen molar-refractivity contribution in [2.75, 3.05) is 25.4 Å². The van der Waals surface area contributed by atoms with Gasteiger partial charge in [-0.3, -0.25) is 9.59 Å². The Bertz CT molecular complexity index is 285. The van der Waals surface area contributed by atoms with Crippen LogP contribution in [0.5, 0.6) is 0 Å². The van der Waals surface area contributed by atoms with Gasteiger partial charge in [-0.2, -0.15) is 11.8 Å². The predicted molar refractivity (Wildman–Crippen MR) is 71.0 cm³/mol. The summed E-state index contributed by atoms with van der Waals surface area (Å²) in [6.07, 6.45) is 3.42. The van der Waals surface area contributed by atoms with E-state index in [1.807, 2.05) is 11.8 Å². The maximum atomic E-state index is 10.5. The molecule has 0 spiro atoms. The fraction of sp³-hybridized carbons (Fsp3) is 0.833. The van der Waals surface area contributed by atoms with E-state index in [1.165, 1.54) is 0 Å². The molecule has 0 aromatic carbocycles. The van der Waals surface area contributed by atoms with E-state index in [9.17, 15) is 9.59 Å². The Morgan fingerprint density at radius 3 is 2.61 bits per heavy atom. The molecular weight excluding hydrogens is 254 g/mol. The van der Waals surface area contributed by atoms with Gasteiger partial charge in [0, 0.05) is 24.8 Å². The van der Waals surface area contributed by atoms with Crippen LogP contribution in [0.3, 0.4) is 0 Å². The van der Waals surface area contributed by atoms with Crippen LogP contribution < -0.4 is 0 Å². The lowest BCUT2D eigenvalue weighted by atomic mass is 10.1. The fourth-order valence-corrected chi connectivity index (χ4v) is 3.37. The molecular formula is C12H21NO4S. The van der Waals surface area contributed by atoms with Crippen LogP contribution in [0.1, 0.15) is 32.1 Å². The van der Waals surface area contributed by atoms with E-state index in [1.54, 1.807) is 0 Å². The molecule has 1 aliphatic rings. The molecule has 1 fully saturated rings. The number of likely N-dealkylation sites (tertiary alicyclic amines) is 1. The third kappa shape index (κ3) is 6.86. The molecule has 18 heavy (non-hydrogen) atoms. The first-order valence-corrected chi connectivity index (χ1v) is 7.40. The SMILES string of the molecule is O=C(O)CCCSC1CCCN(CCC(=O)O)C1. The van der Waals surface area contributed by atoms with Crippen LogP contribution in [-0.2, 0) is 9.59 Å². The lowest BCUT2D eigenvalue weighted by molar-refractivity contribution is -0.138. The number of nitrogens with zero attached hydrogens (tertiary/aromatic N) is 1. The minimum Gasteiger partial charge on any atom is -0.481 e. The largest absolute Gasteiger partial charge is 0.481 e. The van der Waals surface area contributed by atoms with Crippen molar-refractivity contribution in [3.05, 3.63) is 0 Å². The molecule has 1 heterocycles. The molecule has 2 N–H and O–H groups in total. The Balaban J connectivity index is 2.14. The second-order valence-corrected chi connectivity index (χ2v) is 5.98. The molecule has 5 nitrogen and oxygen atoms in total. The molecule has 1 unspecified atom stereocenters. The zero-order valence-electron chi connectivity index (χ0n) is 10.5.